The first-order valence-electron chi connectivity index (χ1n) is 9.06. The predicted molar refractivity (Wildman–Crippen MR) is 107 cm³/mol. The van der Waals surface area contributed by atoms with Crippen LogP contribution in [-0.4, -0.2) is 20.4 Å². The van der Waals surface area contributed by atoms with Gasteiger partial charge in [-0.2, -0.15) is 0 Å². The summed E-state index contributed by atoms with van der Waals surface area (Å²) < 4.78 is 15.2. The fourth-order valence-corrected chi connectivity index (χ4v) is 3.54. The molecular formula is C22H21FN4O. The molecule has 28 heavy (non-hydrogen) atoms. The number of rotatable bonds is 4. The quantitative estimate of drug-likeness (QED) is 0.561. The number of carbonyl (C=O) groups excluding carboxylic acids is 1. The van der Waals surface area contributed by atoms with Crippen molar-refractivity contribution in [3.8, 4) is 0 Å². The Morgan fingerprint density at radius 2 is 1.93 bits per heavy atom. The molecule has 1 amide bonds. The lowest BCUT2D eigenvalue weighted by atomic mass is 10.1. The number of carbonyl (C=O) groups is 1. The highest BCUT2D eigenvalue weighted by molar-refractivity contribution is 5.99. The number of H-pyrrole nitrogens is 1. The summed E-state index contributed by atoms with van der Waals surface area (Å²) in [7, 11) is 1.86. The number of hydrogen-bond acceptors (Lipinski definition) is 2. The van der Waals surface area contributed by atoms with Crippen LogP contribution in [0, 0.1) is 19.7 Å². The first-order chi connectivity index (χ1) is 13.4. The molecule has 0 aliphatic carbocycles. The monoisotopic (exact) mass is 376 g/mol. The maximum Gasteiger partial charge on any atom is 0.268 e. The van der Waals surface area contributed by atoms with Crippen LogP contribution >= 0.6 is 0 Å². The van der Waals surface area contributed by atoms with Crippen LogP contribution < -0.4 is 5.32 Å². The van der Waals surface area contributed by atoms with Crippen molar-refractivity contribution in [2.24, 2.45) is 7.05 Å². The number of halogens is 1. The molecule has 2 aromatic heterocycles. The first kappa shape index (κ1) is 18.0. The molecule has 0 spiro atoms. The van der Waals surface area contributed by atoms with E-state index in [1.54, 1.807) is 18.3 Å². The van der Waals surface area contributed by atoms with E-state index in [1.807, 2.05) is 43.8 Å². The average Bonchev–Trinajstić information content (AvgIpc) is 3.27. The molecule has 2 N–H and O–H groups in total. The summed E-state index contributed by atoms with van der Waals surface area (Å²) in [5, 5.41) is 4.05. The van der Waals surface area contributed by atoms with Crippen LogP contribution in [0.25, 0.3) is 10.9 Å². The third-order valence-electron chi connectivity index (χ3n) is 4.93. The molecule has 1 unspecified atom stereocenters. The van der Waals surface area contributed by atoms with Crippen LogP contribution in [0.5, 0.6) is 0 Å². The van der Waals surface area contributed by atoms with Crippen LogP contribution in [0.1, 0.15) is 39.0 Å². The molecule has 4 rings (SSSR count). The molecule has 0 saturated carbocycles. The highest BCUT2D eigenvalue weighted by atomic mass is 19.1. The Bertz CT molecular complexity index is 1160. The zero-order valence-corrected chi connectivity index (χ0v) is 16.0. The van der Waals surface area contributed by atoms with Gasteiger partial charge >= 0.3 is 0 Å². The fraction of sp³-hybridized carbons (Fsp3) is 0.182. The minimum Gasteiger partial charge on any atom is -0.351 e. The highest BCUT2D eigenvalue weighted by Gasteiger charge is 2.22. The van der Waals surface area contributed by atoms with Crippen molar-refractivity contribution in [2.75, 3.05) is 0 Å². The topological polar surface area (TPSA) is 62.7 Å². The Morgan fingerprint density at radius 1 is 1.18 bits per heavy atom. The Kier molecular flexibility index (Phi) is 4.47. The Hall–Kier alpha value is -3.41. The molecule has 2 aromatic carbocycles. The molecule has 0 saturated heterocycles. The molecule has 2 heterocycles. The van der Waals surface area contributed by atoms with Gasteiger partial charge in [0.1, 0.15) is 23.4 Å². The largest absolute Gasteiger partial charge is 0.351 e. The maximum atomic E-state index is 13.4. The molecule has 1 atom stereocenters. The molecule has 0 aliphatic rings. The number of aromatic amines is 1. The molecule has 4 aromatic rings. The molecule has 0 fully saturated rings. The van der Waals surface area contributed by atoms with Gasteiger partial charge in [-0.15, -0.1) is 0 Å². The molecular weight excluding hydrogens is 355 g/mol. The number of amides is 1. The van der Waals surface area contributed by atoms with Crippen molar-refractivity contribution in [2.45, 2.75) is 19.9 Å². The second-order valence-corrected chi connectivity index (χ2v) is 7.08. The van der Waals surface area contributed by atoms with Crippen molar-refractivity contribution in [3.63, 3.8) is 0 Å². The zero-order chi connectivity index (χ0) is 19.8. The van der Waals surface area contributed by atoms with E-state index in [-0.39, 0.29) is 11.7 Å². The standard InChI is InChI=1S/C22H21FN4O/c1-13-10-14(2)17-12-19(25-18(17)11-13)22(28)26-20(21-24-8-9-27(21)3)15-4-6-16(23)7-5-15/h4-12,20,25H,1-3H3,(H,26,28). The van der Waals surface area contributed by atoms with E-state index >= 15 is 0 Å². The number of nitrogens with one attached hydrogen (secondary N) is 2. The second kappa shape index (κ2) is 6.96. The minimum absolute atomic E-state index is 0.245. The Labute approximate surface area is 162 Å². The van der Waals surface area contributed by atoms with E-state index in [1.165, 1.54) is 12.1 Å². The van der Waals surface area contributed by atoms with Crippen molar-refractivity contribution < 1.29 is 9.18 Å². The van der Waals surface area contributed by atoms with E-state index in [4.69, 9.17) is 0 Å². The van der Waals surface area contributed by atoms with Crippen molar-refractivity contribution in [3.05, 3.63) is 88.9 Å². The van der Waals surface area contributed by atoms with E-state index in [0.717, 1.165) is 27.6 Å². The third kappa shape index (κ3) is 3.29. The number of imidazole rings is 1. The van der Waals surface area contributed by atoms with Crippen LogP contribution in [0.15, 0.2) is 54.9 Å². The summed E-state index contributed by atoms with van der Waals surface area (Å²) in [6.07, 6.45) is 3.49. The lowest BCUT2D eigenvalue weighted by Crippen LogP contribution is -2.31. The maximum absolute atomic E-state index is 13.4. The van der Waals surface area contributed by atoms with Gasteiger partial charge < -0.3 is 14.9 Å². The molecule has 6 heteroatoms. The smallest absolute Gasteiger partial charge is 0.268 e. The first-order valence-corrected chi connectivity index (χ1v) is 9.06. The van der Waals surface area contributed by atoms with E-state index < -0.39 is 6.04 Å². The van der Waals surface area contributed by atoms with Crippen molar-refractivity contribution >= 4 is 16.8 Å². The van der Waals surface area contributed by atoms with Gasteiger partial charge in [-0.1, -0.05) is 18.2 Å². The van der Waals surface area contributed by atoms with E-state index in [0.29, 0.717) is 11.5 Å². The molecule has 0 bridgehead atoms. The predicted octanol–water partition coefficient (Wildman–Crippen LogP) is 4.18. The SMILES string of the molecule is Cc1cc(C)c2cc(C(=O)NC(c3ccc(F)cc3)c3nccn3C)[nH]c2c1. The second-order valence-electron chi connectivity index (χ2n) is 7.08. The number of benzene rings is 2. The summed E-state index contributed by atoms with van der Waals surface area (Å²) in [6.45, 7) is 4.05. The van der Waals surface area contributed by atoms with Gasteiger partial charge in [0, 0.05) is 30.3 Å². The number of hydrogen-bond donors (Lipinski definition) is 2. The van der Waals surface area contributed by atoms with E-state index in [9.17, 15) is 9.18 Å². The van der Waals surface area contributed by atoms with Crippen LogP contribution in [0.2, 0.25) is 0 Å². The zero-order valence-electron chi connectivity index (χ0n) is 16.0. The lowest BCUT2D eigenvalue weighted by molar-refractivity contribution is 0.0937. The summed E-state index contributed by atoms with van der Waals surface area (Å²) in [5.74, 6) is 0.101. The molecule has 5 nitrogen and oxygen atoms in total. The minimum atomic E-state index is -0.498. The number of aromatic nitrogens is 3. The number of nitrogens with zero attached hydrogens (tertiary/aromatic N) is 2. The fourth-order valence-electron chi connectivity index (χ4n) is 3.54. The summed E-state index contributed by atoms with van der Waals surface area (Å²) in [5.41, 5.74) is 4.41. The van der Waals surface area contributed by atoms with Crippen LogP contribution in [0.3, 0.4) is 0 Å². The van der Waals surface area contributed by atoms with Crippen LogP contribution in [-0.2, 0) is 7.05 Å². The van der Waals surface area contributed by atoms with Gasteiger partial charge in [0.2, 0.25) is 0 Å². The van der Waals surface area contributed by atoms with E-state index in [2.05, 4.69) is 21.4 Å². The van der Waals surface area contributed by atoms with Crippen molar-refractivity contribution in [1.82, 2.24) is 19.9 Å². The highest BCUT2D eigenvalue weighted by Crippen LogP contribution is 2.24. The van der Waals surface area contributed by atoms with Crippen molar-refractivity contribution in [1.29, 1.82) is 0 Å². The van der Waals surface area contributed by atoms with Gasteiger partial charge in [-0.3, -0.25) is 4.79 Å². The van der Waals surface area contributed by atoms with Crippen LogP contribution in [0.4, 0.5) is 4.39 Å². The molecule has 0 radical (unpaired) electrons. The normalized spacial score (nSPS) is 12.3. The van der Waals surface area contributed by atoms with Gasteiger partial charge in [0.05, 0.1) is 0 Å². The summed E-state index contributed by atoms with van der Waals surface area (Å²) in [4.78, 5) is 20.6. The van der Waals surface area contributed by atoms with Gasteiger partial charge in [0.25, 0.3) is 5.91 Å². The van der Waals surface area contributed by atoms with Gasteiger partial charge in [0.15, 0.2) is 0 Å². The van der Waals surface area contributed by atoms with Gasteiger partial charge in [-0.05, 0) is 54.8 Å². The summed E-state index contributed by atoms with van der Waals surface area (Å²) >= 11 is 0. The van der Waals surface area contributed by atoms with Gasteiger partial charge in [-0.25, -0.2) is 9.37 Å². The lowest BCUT2D eigenvalue weighted by Gasteiger charge is -2.19. The molecule has 142 valence electrons. The third-order valence-corrected chi connectivity index (χ3v) is 4.93. The Morgan fingerprint density at radius 3 is 2.61 bits per heavy atom. The molecule has 0 aliphatic heterocycles. The number of fused-ring (bicyclic) bond motifs is 1. The summed E-state index contributed by atoms with van der Waals surface area (Å²) in [6, 6.07) is 11.6. The Balaban J connectivity index is 1.70. The average molecular weight is 376 g/mol. The number of aryl methyl sites for hydroxylation is 3.